The highest BCUT2D eigenvalue weighted by atomic mass is 32.2. The van der Waals surface area contributed by atoms with Gasteiger partial charge in [0, 0.05) is 25.3 Å². The topological polar surface area (TPSA) is 69.7 Å². The fourth-order valence-corrected chi connectivity index (χ4v) is 5.15. The molecule has 28 heavy (non-hydrogen) atoms. The van der Waals surface area contributed by atoms with E-state index in [9.17, 15) is 13.2 Å². The minimum atomic E-state index is -3.68. The zero-order valence-electron chi connectivity index (χ0n) is 16.6. The summed E-state index contributed by atoms with van der Waals surface area (Å²) >= 11 is 0. The lowest BCUT2D eigenvalue weighted by Gasteiger charge is -2.34. The van der Waals surface area contributed by atoms with Gasteiger partial charge in [-0.05, 0) is 61.6 Å². The first-order chi connectivity index (χ1) is 13.3. The molecule has 0 aromatic heterocycles. The van der Waals surface area contributed by atoms with Gasteiger partial charge in [-0.2, -0.15) is 17.0 Å². The van der Waals surface area contributed by atoms with Crippen molar-refractivity contribution in [2.45, 2.75) is 33.7 Å². The molecule has 1 saturated heterocycles. The van der Waals surface area contributed by atoms with Gasteiger partial charge in [-0.15, -0.1) is 0 Å². The predicted molar refractivity (Wildman–Crippen MR) is 111 cm³/mol. The van der Waals surface area contributed by atoms with Crippen LogP contribution in [0, 0.1) is 20.8 Å². The van der Waals surface area contributed by atoms with Gasteiger partial charge in [0.05, 0.1) is 6.54 Å². The van der Waals surface area contributed by atoms with Gasteiger partial charge in [0.25, 0.3) is 10.2 Å². The van der Waals surface area contributed by atoms with Crippen LogP contribution in [0.1, 0.15) is 28.7 Å². The Morgan fingerprint density at radius 1 is 1.00 bits per heavy atom. The van der Waals surface area contributed by atoms with E-state index in [1.807, 2.05) is 63.2 Å². The number of nitrogens with one attached hydrogen (secondary N) is 1. The molecular formula is C21H27N3O3S. The Kier molecular flexibility index (Phi) is 6.17. The normalized spacial score (nSPS) is 17.4. The molecule has 1 amide bonds. The van der Waals surface area contributed by atoms with Crippen LogP contribution >= 0.6 is 0 Å². The van der Waals surface area contributed by atoms with E-state index in [1.165, 1.54) is 8.61 Å². The second kappa shape index (κ2) is 8.43. The van der Waals surface area contributed by atoms with Crippen molar-refractivity contribution in [3.8, 4) is 0 Å². The van der Waals surface area contributed by atoms with Crippen molar-refractivity contribution in [3.05, 3.63) is 64.7 Å². The lowest BCUT2D eigenvalue weighted by molar-refractivity contribution is -0.116. The lowest BCUT2D eigenvalue weighted by Crippen LogP contribution is -2.51. The van der Waals surface area contributed by atoms with Crippen LogP contribution in [-0.4, -0.2) is 42.6 Å². The minimum Gasteiger partial charge on any atom is -0.325 e. The van der Waals surface area contributed by atoms with Crippen LogP contribution in [0.5, 0.6) is 0 Å². The largest absolute Gasteiger partial charge is 0.325 e. The number of carbonyl (C=O) groups is 1. The second-order valence-electron chi connectivity index (χ2n) is 7.38. The highest BCUT2D eigenvalue weighted by Gasteiger charge is 2.34. The van der Waals surface area contributed by atoms with Gasteiger partial charge in [0.2, 0.25) is 5.91 Å². The van der Waals surface area contributed by atoms with Crippen LogP contribution < -0.4 is 5.32 Å². The average molecular weight is 402 g/mol. The lowest BCUT2D eigenvalue weighted by atomic mass is 10.1. The summed E-state index contributed by atoms with van der Waals surface area (Å²) in [6.07, 6.45) is 0.696. The van der Waals surface area contributed by atoms with Crippen molar-refractivity contribution < 1.29 is 13.2 Å². The summed E-state index contributed by atoms with van der Waals surface area (Å²) in [5.41, 5.74) is 4.82. The van der Waals surface area contributed by atoms with Crippen LogP contribution in [0.15, 0.2) is 42.5 Å². The van der Waals surface area contributed by atoms with Crippen LogP contribution in [0.3, 0.4) is 0 Å². The quantitative estimate of drug-likeness (QED) is 0.837. The average Bonchev–Trinajstić information content (AvgIpc) is 2.59. The molecule has 1 fully saturated rings. The third-order valence-electron chi connectivity index (χ3n) is 4.90. The highest BCUT2D eigenvalue weighted by molar-refractivity contribution is 7.86. The number of hydrogen-bond donors (Lipinski definition) is 1. The van der Waals surface area contributed by atoms with Crippen LogP contribution in [-0.2, 0) is 21.5 Å². The standard InChI is InChI=1S/C21H27N3O3S/c1-16-11-17(2)13-20(12-16)22-21(25)15-24-10-6-9-23(28(24,26)27)14-19-8-5-4-7-18(19)3/h4-5,7-8,11-13H,6,9-10,14-15H2,1-3H3,(H,22,25). The molecule has 6 nitrogen and oxygen atoms in total. The van der Waals surface area contributed by atoms with Crippen molar-refractivity contribution in [3.63, 3.8) is 0 Å². The van der Waals surface area contributed by atoms with E-state index in [2.05, 4.69) is 5.32 Å². The van der Waals surface area contributed by atoms with E-state index in [1.54, 1.807) is 0 Å². The maximum absolute atomic E-state index is 13.0. The van der Waals surface area contributed by atoms with Gasteiger partial charge < -0.3 is 5.32 Å². The third-order valence-corrected chi connectivity index (χ3v) is 6.83. The molecule has 0 radical (unpaired) electrons. The number of rotatable bonds is 5. The number of hydrogen-bond acceptors (Lipinski definition) is 3. The van der Waals surface area contributed by atoms with Crippen molar-refractivity contribution in [2.24, 2.45) is 0 Å². The van der Waals surface area contributed by atoms with Crippen LogP contribution in [0.25, 0.3) is 0 Å². The first-order valence-corrected chi connectivity index (χ1v) is 10.8. The Labute approximate surface area is 167 Å². The summed E-state index contributed by atoms with van der Waals surface area (Å²) in [5.74, 6) is -0.327. The van der Waals surface area contributed by atoms with Gasteiger partial charge in [-0.25, -0.2) is 0 Å². The molecule has 1 aliphatic rings. The Morgan fingerprint density at radius 3 is 2.32 bits per heavy atom. The molecule has 0 saturated carbocycles. The van der Waals surface area contributed by atoms with Crippen molar-refractivity contribution in [1.29, 1.82) is 0 Å². The molecule has 7 heteroatoms. The van der Waals surface area contributed by atoms with E-state index in [4.69, 9.17) is 0 Å². The first-order valence-electron chi connectivity index (χ1n) is 9.43. The smallest absolute Gasteiger partial charge is 0.282 e. The van der Waals surface area contributed by atoms with Gasteiger partial charge in [-0.1, -0.05) is 30.3 Å². The molecule has 0 unspecified atom stereocenters. The monoisotopic (exact) mass is 401 g/mol. The van der Waals surface area contributed by atoms with E-state index < -0.39 is 10.2 Å². The second-order valence-corrected chi connectivity index (χ2v) is 9.31. The van der Waals surface area contributed by atoms with Crippen LogP contribution in [0.2, 0.25) is 0 Å². The first kappa shape index (κ1) is 20.5. The SMILES string of the molecule is Cc1cc(C)cc(NC(=O)CN2CCCN(Cc3ccccc3C)S2(=O)=O)c1. The van der Waals surface area contributed by atoms with E-state index in [-0.39, 0.29) is 12.5 Å². The van der Waals surface area contributed by atoms with Gasteiger partial charge in [0.15, 0.2) is 0 Å². The number of benzene rings is 2. The number of amides is 1. The Hall–Kier alpha value is -2.22. The molecule has 0 spiro atoms. The van der Waals surface area contributed by atoms with Gasteiger partial charge in [0.1, 0.15) is 0 Å². The summed E-state index contributed by atoms with van der Waals surface area (Å²) in [4.78, 5) is 12.5. The third kappa shape index (κ3) is 4.79. The number of aryl methyl sites for hydroxylation is 3. The highest BCUT2D eigenvalue weighted by Crippen LogP contribution is 2.21. The molecule has 1 N–H and O–H groups in total. The predicted octanol–water partition coefficient (Wildman–Crippen LogP) is 3.00. The number of nitrogens with zero attached hydrogens (tertiary/aromatic N) is 2. The molecule has 2 aromatic rings. The molecular weight excluding hydrogens is 374 g/mol. The molecule has 0 aliphatic carbocycles. The van der Waals surface area contributed by atoms with E-state index in [0.717, 1.165) is 22.3 Å². The molecule has 150 valence electrons. The zero-order valence-corrected chi connectivity index (χ0v) is 17.4. The Bertz CT molecular complexity index is 952. The molecule has 0 bridgehead atoms. The minimum absolute atomic E-state index is 0.181. The molecule has 0 atom stereocenters. The fourth-order valence-electron chi connectivity index (χ4n) is 3.52. The maximum atomic E-state index is 13.0. The van der Waals surface area contributed by atoms with Gasteiger partial charge >= 0.3 is 0 Å². The Morgan fingerprint density at radius 2 is 1.64 bits per heavy atom. The summed E-state index contributed by atoms with van der Waals surface area (Å²) in [6, 6.07) is 13.5. The summed E-state index contributed by atoms with van der Waals surface area (Å²) < 4.78 is 28.7. The molecule has 3 rings (SSSR count). The van der Waals surface area contributed by atoms with E-state index >= 15 is 0 Å². The Balaban J connectivity index is 1.69. The molecule has 2 aromatic carbocycles. The van der Waals surface area contributed by atoms with Crippen molar-refractivity contribution in [2.75, 3.05) is 25.0 Å². The summed E-state index contributed by atoms with van der Waals surface area (Å²) in [5, 5.41) is 2.82. The zero-order chi connectivity index (χ0) is 20.3. The van der Waals surface area contributed by atoms with Gasteiger partial charge in [-0.3, -0.25) is 4.79 Å². The number of anilines is 1. The molecule has 1 aliphatic heterocycles. The summed E-state index contributed by atoms with van der Waals surface area (Å²) in [7, 11) is -3.68. The number of carbonyl (C=O) groups excluding carboxylic acids is 1. The van der Waals surface area contributed by atoms with Crippen molar-refractivity contribution >= 4 is 21.8 Å². The van der Waals surface area contributed by atoms with Crippen molar-refractivity contribution in [1.82, 2.24) is 8.61 Å². The maximum Gasteiger partial charge on any atom is 0.282 e. The summed E-state index contributed by atoms with van der Waals surface area (Å²) in [6.45, 7) is 6.85. The van der Waals surface area contributed by atoms with E-state index in [0.29, 0.717) is 31.7 Å². The van der Waals surface area contributed by atoms with Crippen LogP contribution in [0.4, 0.5) is 5.69 Å². The molecule has 1 heterocycles. The fraction of sp³-hybridized carbons (Fsp3) is 0.381.